The number of hydrogen-bond acceptors (Lipinski definition) is 3. The third-order valence-corrected chi connectivity index (χ3v) is 1.65. The molecule has 1 amide bonds. The highest BCUT2D eigenvalue weighted by molar-refractivity contribution is 6.31. The summed E-state index contributed by atoms with van der Waals surface area (Å²) in [5.74, 6) is -0.734. The molecule has 0 aliphatic carbocycles. The van der Waals surface area contributed by atoms with Crippen molar-refractivity contribution in [1.29, 1.82) is 0 Å². The summed E-state index contributed by atoms with van der Waals surface area (Å²) in [6.45, 7) is 0. The normalized spacial score (nSPS) is 11.7. The number of amides is 1. The zero-order chi connectivity index (χ0) is 12.2. The summed E-state index contributed by atoms with van der Waals surface area (Å²) < 4.78 is 36.5. The predicted octanol–water partition coefficient (Wildman–Crippen LogP) is 2.10. The van der Waals surface area contributed by atoms with E-state index in [1.807, 2.05) is 0 Å². The van der Waals surface area contributed by atoms with Crippen molar-refractivity contribution in [2.45, 2.75) is 6.18 Å². The first-order valence-electron chi connectivity index (χ1n) is 4.09. The molecular formula is C9H7F3N2O2. The van der Waals surface area contributed by atoms with Crippen molar-refractivity contribution in [2.24, 2.45) is 5.16 Å². The molecule has 0 radical (unpaired) electrons. The van der Waals surface area contributed by atoms with Gasteiger partial charge in [-0.05, 0) is 24.3 Å². The SMILES string of the molecule is O=C(C=NO)Nc1ccc(C(F)(F)F)cc1. The summed E-state index contributed by atoms with van der Waals surface area (Å²) in [6, 6.07) is 3.88. The molecule has 16 heavy (non-hydrogen) atoms. The van der Waals surface area contributed by atoms with Gasteiger partial charge >= 0.3 is 6.18 Å². The maximum absolute atomic E-state index is 12.2. The number of halogens is 3. The zero-order valence-electron chi connectivity index (χ0n) is 7.82. The standard InChI is InChI=1S/C9H7F3N2O2/c10-9(11,12)6-1-3-7(4-2-6)14-8(15)5-13-16/h1-5,16H,(H,14,15). The highest BCUT2D eigenvalue weighted by Gasteiger charge is 2.29. The third kappa shape index (κ3) is 3.26. The molecule has 0 heterocycles. The Balaban J connectivity index is 2.76. The zero-order valence-corrected chi connectivity index (χ0v) is 7.82. The Labute approximate surface area is 88.4 Å². The number of rotatable bonds is 2. The number of hydrogen-bond donors (Lipinski definition) is 2. The molecule has 0 aliphatic rings. The topological polar surface area (TPSA) is 61.7 Å². The molecule has 0 bridgehead atoms. The summed E-state index contributed by atoms with van der Waals surface area (Å²) in [7, 11) is 0. The lowest BCUT2D eigenvalue weighted by molar-refractivity contribution is -0.137. The molecule has 86 valence electrons. The summed E-state index contributed by atoms with van der Waals surface area (Å²) >= 11 is 0. The van der Waals surface area contributed by atoms with Gasteiger partial charge in [0.25, 0.3) is 5.91 Å². The number of nitrogens with one attached hydrogen (secondary N) is 1. The largest absolute Gasteiger partial charge is 0.416 e. The number of nitrogens with zero attached hydrogens (tertiary/aromatic N) is 1. The fraction of sp³-hybridized carbons (Fsp3) is 0.111. The molecule has 0 saturated carbocycles. The summed E-state index contributed by atoms with van der Waals surface area (Å²) in [6.07, 6.45) is -3.81. The Bertz CT molecular complexity index is 398. The quantitative estimate of drug-likeness (QED) is 0.466. The summed E-state index contributed by atoms with van der Waals surface area (Å²) in [4.78, 5) is 10.9. The van der Waals surface area contributed by atoms with Crippen LogP contribution in [0.2, 0.25) is 0 Å². The van der Waals surface area contributed by atoms with E-state index in [-0.39, 0.29) is 5.69 Å². The van der Waals surface area contributed by atoms with E-state index >= 15 is 0 Å². The van der Waals surface area contributed by atoms with Gasteiger partial charge in [0, 0.05) is 5.69 Å². The molecule has 0 fully saturated rings. The monoisotopic (exact) mass is 232 g/mol. The highest BCUT2D eigenvalue weighted by Crippen LogP contribution is 2.29. The van der Waals surface area contributed by atoms with Crippen molar-refractivity contribution in [1.82, 2.24) is 0 Å². The lowest BCUT2D eigenvalue weighted by Gasteiger charge is -2.07. The van der Waals surface area contributed by atoms with Gasteiger partial charge in [-0.1, -0.05) is 5.16 Å². The number of oxime groups is 1. The molecule has 0 aromatic heterocycles. The first-order valence-corrected chi connectivity index (χ1v) is 4.09. The molecule has 7 heteroatoms. The van der Waals surface area contributed by atoms with E-state index in [0.717, 1.165) is 24.3 Å². The van der Waals surface area contributed by atoms with E-state index in [4.69, 9.17) is 5.21 Å². The number of anilines is 1. The van der Waals surface area contributed by atoms with Crippen LogP contribution in [0, 0.1) is 0 Å². The van der Waals surface area contributed by atoms with Gasteiger partial charge < -0.3 is 10.5 Å². The first kappa shape index (κ1) is 12.0. The van der Waals surface area contributed by atoms with Crippen LogP contribution in [-0.2, 0) is 11.0 Å². The van der Waals surface area contributed by atoms with Gasteiger partial charge in [-0.25, -0.2) is 0 Å². The summed E-state index contributed by atoms with van der Waals surface area (Å²) in [5.41, 5.74) is -0.626. The van der Waals surface area contributed by atoms with Crippen LogP contribution < -0.4 is 5.32 Å². The number of alkyl halides is 3. The maximum atomic E-state index is 12.2. The van der Waals surface area contributed by atoms with Crippen LogP contribution in [0.5, 0.6) is 0 Å². The average Bonchev–Trinajstić information content (AvgIpc) is 2.17. The second kappa shape index (κ2) is 4.65. The van der Waals surface area contributed by atoms with Gasteiger partial charge in [0.2, 0.25) is 0 Å². The Hall–Kier alpha value is -2.05. The van der Waals surface area contributed by atoms with Crippen molar-refractivity contribution < 1.29 is 23.2 Å². The molecule has 1 aromatic carbocycles. The minimum absolute atomic E-state index is 0.179. The molecule has 1 rings (SSSR count). The average molecular weight is 232 g/mol. The van der Waals surface area contributed by atoms with Crippen LogP contribution in [0.15, 0.2) is 29.4 Å². The molecule has 0 spiro atoms. The van der Waals surface area contributed by atoms with Crippen LogP contribution in [0.3, 0.4) is 0 Å². The fourth-order valence-corrected chi connectivity index (χ4v) is 0.970. The van der Waals surface area contributed by atoms with Crippen LogP contribution in [0.1, 0.15) is 5.56 Å². The number of carbonyl (C=O) groups is 1. The van der Waals surface area contributed by atoms with E-state index in [2.05, 4.69) is 10.5 Å². The third-order valence-electron chi connectivity index (χ3n) is 1.65. The molecule has 0 unspecified atom stereocenters. The number of carbonyl (C=O) groups excluding carboxylic acids is 1. The minimum Gasteiger partial charge on any atom is -0.411 e. The van der Waals surface area contributed by atoms with Gasteiger partial charge in [0.05, 0.1) is 5.56 Å². The second-order valence-electron chi connectivity index (χ2n) is 2.81. The molecule has 1 aromatic rings. The molecule has 0 saturated heterocycles. The second-order valence-corrected chi connectivity index (χ2v) is 2.81. The van der Waals surface area contributed by atoms with Crippen molar-refractivity contribution in [3.05, 3.63) is 29.8 Å². The molecule has 4 nitrogen and oxygen atoms in total. The van der Waals surface area contributed by atoms with Gasteiger partial charge in [-0.2, -0.15) is 13.2 Å². The van der Waals surface area contributed by atoms with Gasteiger partial charge in [0.1, 0.15) is 6.21 Å². The van der Waals surface area contributed by atoms with Crippen molar-refractivity contribution in [3.8, 4) is 0 Å². The van der Waals surface area contributed by atoms with Gasteiger partial charge in [-0.3, -0.25) is 4.79 Å². The smallest absolute Gasteiger partial charge is 0.411 e. The lowest BCUT2D eigenvalue weighted by atomic mass is 10.2. The maximum Gasteiger partial charge on any atom is 0.416 e. The number of benzene rings is 1. The Kier molecular flexibility index (Phi) is 3.49. The molecule has 2 N–H and O–H groups in total. The Morgan fingerprint density at radius 1 is 1.31 bits per heavy atom. The van der Waals surface area contributed by atoms with E-state index < -0.39 is 17.6 Å². The predicted molar refractivity (Wildman–Crippen MR) is 50.4 cm³/mol. The fourth-order valence-electron chi connectivity index (χ4n) is 0.970. The molecule has 0 atom stereocenters. The summed E-state index contributed by atoms with van der Waals surface area (Å²) in [5, 5.41) is 12.7. The first-order chi connectivity index (χ1) is 7.43. The lowest BCUT2D eigenvalue weighted by Crippen LogP contribution is -2.13. The van der Waals surface area contributed by atoms with Crippen LogP contribution >= 0.6 is 0 Å². The van der Waals surface area contributed by atoms with Crippen molar-refractivity contribution >= 4 is 17.8 Å². The van der Waals surface area contributed by atoms with Gasteiger partial charge in [0.15, 0.2) is 0 Å². The van der Waals surface area contributed by atoms with E-state index in [9.17, 15) is 18.0 Å². The van der Waals surface area contributed by atoms with Crippen LogP contribution in [-0.4, -0.2) is 17.3 Å². The Morgan fingerprint density at radius 2 is 1.88 bits per heavy atom. The van der Waals surface area contributed by atoms with E-state index in [0.29, 0.717) is 6.21 Å². The van der Waals surface area contributed by atoms with E-state index in [1.54, 1.807) is 0 Å². The Morgan fingerprint density at radius 3 is 2.31 bits per heavy atom. The highest BCUT2D eigenvalue weighted by atomic mass is 19.4. The minimum atomic E-state index is -4.41. The van der Waals surface area contributed by atoms with E-state index in [1.165, 1.54) is 0 Å². The molecule has 0 aliphatic heterocycles. The van der Waals surface area contributed by atoms with Crippen LogP contribution in [0.4, 0.5) is 18.9 Å². The molecular weight excluding hydrogens is 225 g/mol. The van der Waals surface area contributed by atoms with Crippen LogP contribution in [0.25, 0.3) is 0 Å². The van der Waals surface area contributed by atoms with Crippen molar-refractivity contribution in [3.63, 3.8) is 0 Å². The van der Waals surface area contributed by atoms with Crippen molar-refractivity contribution in [2.75, 3.05) is 5.32 Å². The van der Waals surface area contributed by atoms with Gasteiger partial charge in [-0.15, -0.1) is 0 Å².